The fraction of sp³-hybridized carbons (Fsp3) is 0.294. The highest BCUT2D eigenvalue weighted by Gasteiger charge is 2.38. The summed E-state index contributed by atoms with van der Waals surface area (Å²) in [5.74, 6) is 2.06. The Morgan fingerprint density at radius 1 is 0.452 bits per heavy atom. The van der Waals surface area contributed by atoms with Gasteiger partial charge in [0.15, 0.2) is 0 Å². The SMILES string of the molecule is Cc1ccc(S(=O)(=O)OS(c2ccc(OC(C)C)cc2)(c2ccc(OC(C)C)cc2)c2ccc(OC(C)C)cc2)cc1. The van der Waals surface area contributed by atoms with E-state index in [0.717, 1.165) is 5.56 Å². The molecule has 0 bridgehead atoms. The number of ether oxygens (including phenoxy) is 3. The van der Waals surface area contributed by atoms with E-state index in [0.29, 0.717) is 31.9 Å². The molecule has 0 aliphatic rings. The zero-order chi connectivity index (χ0) is 30.5. The molecule has 0 aromatic heterocycles. The van der Waals surface area contributed by atoms with Crippen LogP contribution in [0.2, 0.25) is 0 Å². The quantitative estimate of drug-likeness (QED) is 0.160. The third kappa shape index (κ3) is 7.48. The second kappa shape index (κ2) is 13.2. The van der Waals surface area contributed by atoms with Gasteiger partial charge in [-0.3, -0.25) is 0 Å². The first-order chi connectivity index (χ1) is 19.9. The van der Waals surface area contributed by atoms with Crippen molar-refractivity contribution >= 4 is 20.4 Å². The van der Waals surface area contributed by atoms with E-state index in [1.54, 1.807) is 24.3 Å². The number of benzene rings is 4. The van der Waals surface area contributed by atoms with Crippen molar-refractivity contribution in [2.24, 2.45) is 0 Å². The summed E-state index contributed by atoms with van der Waals surface area (Å²) < 4.78 is 52.3. The first-order valence-electron chi connectivity index (χ1n) is 14.1. The van der Waals surface area contributed by atoms with Crippen molar-refractivity contribution in [2.75, 3.05) is 0 Å². The molecule has 0 saturated carbocycles. The molecule has 0 radical (unpaired) electrons. The molecular weight excluding hydrogens is 569 g/mol. The maximum Gasteiger partial charge on any atom is 0.307 e. The van der Waals surface area contributed by atoms with Gasteiger partial charge in [-0.25, -0.2) is 3.63 Å². The van der Waals surface area contributed by atoms with Crippen molar-refractivity contribution in [1.29, 1.82) is 0 Å². The molecule has 0 heterocycles. The van der Waals surface area contributed by atoms with E-state index < -0.39 is 20.4 Å². The Morgan fingerprint density at radius 2 is 0.738 bits per heavy atom. The maximum absolute atomic E-state index is 14.0. The lowest BCUT2D eigenvalue weighted by molar-refractivity contribution is 0.242. The first-order valence-corrected chi connectivity index (χ1v) is 17.0. The molecule has 0 aliphatic carbocycles. The minimum atomic E-state index is -4.22. The lowest BCUT2D eigenvalue weighted by atomic mass is 10.2. The highest BCUT2D eigenvalue weighted by Crippen LogP contribution is 2.70. The van der Waals surface area contributed by atoms with E-state index in [9.17, 15) is 8.42 Å². The molecule has 224 valence electrons. The van der Waals surface area contributed by atoms with Gasteiger partial charge in [0.25, 0.3) is 0 Å². The van der Waals surface area contributed by atoms with E-state index >= 15 is 0 Å². The third-order valence-electron chi connectivity index (χ3n) is 6.08. The van der Waals surface area contributed by atoms with E-state index in [4.69, 9.17) is 17.8 Å². The minimum Gasteiger partial charge on any atom is -0.491 e. The lowest BCUT2D eigenvalue weighted by Crippen LogP contribution is -2.15. The van der Waals surface area contributed by atoms with Gasteiger partial charge in [-0.15, -0.1) is 0 Å². The molecule has 6 nitrogen and oxygen atoms in total. The lowest BCUT2D eigenvalue weighted by Gasteiger charge is -2.39. The highest BCUT2D eigenvalue weighted by atomic mass is 32.3. The van der Waals surface area contributed by atoms with E-state index in [2.05, 4.69) is 0 Å². The molecular formula is C34H40O6S2. The Kier molecular flexibility index (Phi) is 9.92. The standard InChI is InChI=1S/C34H40O6S2/c1-24(2)37-28-10-18-31(19-11-28)41(32-20-12-29(13-21-32)38-25(3)4,33-22-14-30(15-23-33)39-26(5)6)40-42(35,36)34-16-8-27(7)9-17-34/h8-26H,1-7H3. The first kappa shape index (κ1) is 31.5. The number of hydrogen-bond acceptors (Lipinski definition) is 6. The summed E-state index contributed by atoms with van der Waals surface area (Å²) >= 11 is 0. The van der Waals surface area contributed by atoms with Crippen LogP contribution in [-0.2, 0) is 13.7 Å². The third-order valence-corrected chi connectivity index (χ3v) is 11.3. The van der Waals surface area contributed by atoms with Gasteiger partial charge in [0.2, 0.25) is 0 Å². The second-order valence-corrected chi connectivity index (χ2v) is 15.3. The monoisotopic (exact) mass is 608 g/mol. The predicted octanol–water partition coefficient (Wildman–Crippen LogP) is 8.96. The fourth-order valence-electron chi connectivity index (χ4n) is 4.35. The van der Waals surface area contributed by atoms with Gasteiger partial charge >= 0.3 is 10.1 Å². The molecule has 8 heteroatoms. The van der Waals surface area contributed by atoms with Crippen molar-refractivity contribution in [1.82, 2.24) is 0 Å². The van der Waals surface area contributed by atoms with Crippen molar-refractivity contribution < 1.29 is 26.3 Å². The molecule has 0 unspecified atom stereocenters. The van der Waals surface area contributed by atoms with Gasteiger partial charge in [0.05, 0.1) is 23.2 Å². The fourth-order valence-corrected chi connectivity index (χ4v) is 9.53. The van der Waals surface area contributed by atoms with Gasteiger partial charge in [-0.05, 0) is 144 Å². The number of aryl methyl sites for hydroxylation is 1. The number of rotatable bonds is 12. The molecule has 0 fully saturated rings. The van der Waals surface area contributed by atoms with Crippen molar-refractivity contribution in [3.63, 3.8) is 0 Å². The summed E-state index contributed by atoms with van der Waals surface area (Å²) in [5.41, 5.74) is 0.954. The summed E-state index contributed by atoms with van der Waals surface area (Å²) in [6, 6.07) is 29.1. The summed E-state index contributed by atoms with van der Waals surface area (Å²) in [5, 5.41) is 0. The Morgan fingerprint density at radius 3 is 1.02 bits per heavy atom. The summed E-state index contributed by atoms with van der Waals surface area (Å²) in [4.78, 5) is 2.18. The second-order valence-electron chi connectivity index (χ2n) is 10.8. The van der Waals surface area contributed by atoms with Crippen LogP contribution in [0.15, 0.2) is 117 Å². The van der Waals surface area contributed by atoms with Crippen molar-refractivity contribution in [3.8, 4) is 17.2 Å². The summed E-state index contributed by atoms with van der Waals surface area (Å²) in [6.45, 7) is 13.7. The zero-order valence-corrected chi connectivity index (χ0v) is 26.9. The zero-order valence-electron chi connectivity index (χ0n) is 25.2. The molecule has 0 saturated heterocycles. The number of hydrogen-bond donors (Lipinski definition) is 0. The van der Waals surface area contributed by atoms with Crippen LogP contribution in [0.4, 0.5) is 0 Å². The van der Waals surface area contributed by atoms with Gasteiger partial charge < -0.3 is 14.2 Å². The van der Waals surface area contributed by atoms with E-state index in [1.165, 1.54) is 0 Å². The van der Waals surface area contributed by atoms with Crippen molar-refractivity contribution in [2.45, 2.75) is 86.4 Å². The molecule has 0 N–H and O–H groups in total. The van der Waals surface area contributed by atoms with Crippen LogP contribution in [0.25, 0.3) is 0 Å². The van der Waals surface area contributed by atoms with E-state index in [1.807, 2.05) is 121 Å². The molecule has 0 spiro atoms. The maximum atomic E-state index is 14.0. The van der Waals surface area contributed by atoms with Gasteiger partial charge in [0.1, 0.15) is 17.2 Å². The van der Waals surface area contributed by atoms with Crippen LogP contribution in [0.5, 0.6) is 17.2 Å². The Hall–Kier alpha value is -3.46. The van der Waals surface area contributed by atoms with Crippen molar-refractivity contribution in [3.05, 3.63) is 103 Å². The highest BCUT2D eigenvalue weighted by molar-refractivity contribution is 8.33. The summed E-state index contributed by atoms with van der Waals surface area (Å²) in [6.07, 6.45) is -0.0191. The van der Waals surface area contributed by atoms with Crippen LogP contribution >= 0.6 is 10.3 Å². The van der Waals surface area contributed by atoms with E-state index in [-0.39, 0.29) is 23.2 Å². The molecule has 0 amide bonds. The molecule has 4 rings (SSSR count). The van der Waals surface area contributed by atoms with Crippen LogP contribution in [0.1, 0.15) is 47.1 Å². The normalized spacial score (nSPS) is 12.5. The largest absolute Gasteiger partial charge is 0.491 e. The van der Waals surface area contributed by atoms with Gasteiger partial charge in [-0.1, -0.05) is 17.7 Å². The smallest absolute Gasteiger partial charge is 0.307 e. The molecule has 0 atom stereocenters. The Balaban J connectivity index is 1.97. The van der Waals surface area contributed by atoms with Gasteiger partial charge in [0, 0.05) is 14.7 Å². The molecule has 42 heavy (non-hydrogen) atoms. The topological polar surface area (TPSA) is 71.1 Å². The summed E-state index contributed by atoms with van der Waals surface area (Å²) in [7, 11) is -7.06. The van der Waals surface area contributed by atoms with Crippen LogP contribution in [0.3, 0.4) is 0 Å². The molecule has 0 aliphatic heterocycles. The average Bonchev–Trinajstić information content (AvgIpc) is 2.92. The van der Waals surface area contributed by atoms with Crippen LogP contribution < -0.4 is 14.2 Å². The Labute approximate surface area is 252 Å². The minimum absolute atomic E-state index is 0.00637. The van der Waals surface area contributed by atoms with Gasteiger partial charge in [-0.2, -0.15) is 8.42 Å². The molecule has 4 aromatic rings. The Bertz CT molecular complexity index is 1410. The average molecular weight is 609 g/mol. The van der Waals surface area contributed by atoms with Crippen LogP contribution in [0, 0.1) is 6.92 Å². The predicted molar refractivity (Wildman–Crippen MR) is 168 cm³/mol. The molecule has 4 aromatic carbocycles. The van der Waals surface area contributed by atoms with Crippen LogP contribution in [-0.4, -0.2) is 26.7 Å².